The summed E-state index contributed by atoms with van der Waals surface area (Å²) in [6.07, 6.45) is 2.73. The van der Waals surface area contributed by atoms with Crippen molar-refractivity contribution < 1.29 is 13.7 Å². The molecule has 1 saturated heterocycles. The number of carbonyl (C=O) groups excluding carboxylic acids is 1. The van der Waals surface area contributed by atoms with Gasteiger partial charge in [0, 0.05) is 33.0 Å². The number of urea groups is 1. The summed E-state index contributed by atoms with van der Waals surface area (Å²) in [5, 5.41) is 6.85. The van der Waals surface area contributed by atoms with Gasteiger partial charge in [0.2, 0.25) is 5.89 Å². The molecule has 2 amide bonds. The predicted molar refractivity (Wildman–Crippen MR) is 90.4 cm³/mol. The molecule has 1 aromatic heterocycles. The molecule has 0 saturated carbocycles. The van der Waals surface area contributed by atoms with Crippen LogP contribution in [0.1, 0.15) is 35.7 Å². The molecule has 25 heavy (non-hydrogen) atoms. The normalized spacial score (nSPS) is 17.6. The Balaban J connectivity index is 1.51. The largest absolute Gasteiger partial charge is 0.340 e. The molecular formula is C18H23FN4O2. The van der Waals surface area contributed by atoms with E-state index in [-0.39, 0.29) is 11.8 Å². The maximum absolute atomic E-state index is 13.3. The second-order valence-corrected chi connectivity index (χ2v) is 6.63. The van der Waals surface area contributed by atoms with Crippen molar-refractivity contribution in [2.45, 2.75) is 39.7 Å². The molecule has 0 aliphatic carbocycles. The summed E-state index contributed by atoms with van der Waals surface area (Å²) in [6.45, 7) is 5.31. The highest BCUT2D eigenvalue weighted by atomic mass is 19.1. The van der Waals surface area contributed by atoms with Crippen LogP contribution in [-0.2, 0) is 13.0 Å². The van der Waals surface area contributed by atoms with Crippen molar-refractivity contribution in [3.8, 4) is 0 Å². The zero-order valence-electron chi connectivity index (χ0n) is 14.6. The summed E-state index contributed by atoms with van der Waals surface area (Å²) in [7, 11) is 0. The number of amides is 2. The zero-order valence-corrected chi connectivity index (χ0v) is 14.6. The van der Waals surface area contributed by atoms with E-state index in [1.54, 1.807) is 26.0 Å². The van der Waals surface area contributed by atoms with Crippen LogP contribution < -0.4 is 5.32 Å². The van der Waals surface area contributed by atoms with Crippen LogP contribution in [0.15, 0.2) is 22.7 Å². The van der Waals surface area contributed by atoms with Gasteiger partial charge in [-0.05, 0) is 42.9 Å². The van der Waals surface area contributed by atoms with Gasteiger partial charge in [0.15, 0.2) is 5.82 Å². The van der Waals surface area contributed by atoms with Crippen molar-refractivity contribution in [1.82, 2.24) is 20.4 Å². The van der Waals surface area contributed by atoms with Crippen molar-refractivity contribution in [3.63, 3.8) is 0 Å². The molecule has 6 nitrogen and oxygen atoms in total. The maximum Gasteiger partial charge on any atom is 0.317 e. The van der Waals surface area contributed by atoms with Gasteiger partial charge in [0.05, 0.1) is 0 Å². The number of likely N-dealkylation sites (tertiary alicyclic amines) is 1. The van der Waals surface area contributed by atoms with Gasteiger partial charge in [-0.15, -0.1) is 0 Å². The van der Waals surface area contributed by atoms with Gasteiger partial charge in [-0.2, -0.15) is 4.98 Å². The van der Waals surface area contributed by atoms with E-state index >= 15 is 0 Å². The fourth-order valence-corrected chi connectivity index (χ4v) is 3.20. The average Bonchev–Trinajstić information content (AvgIpc) is 3.00. The first-order valence-electron chi connectivity index (χ1n) is 8.58. The quantitative estimate of drug-likeness (QED) is 0.924. The molecule has 0 bridgehead atoms. The highest BCUT2D eigenvalue weighted by Crippen LogP contribution is 2.20. The molecule has 1 N–H and O–H groups in total. The third kappa shape index (κ3) is 4.55. The first-order chi connectivity index (χ1) is 12.0. The van der Waals surface area contributed by atoms with Crippen LogP contribution in [0, 0.1) is 25.6 Å². The van der Waals surface area contributed by atoms with Crippen molar-refractivity contribution >= 4 is 6.03 Å². The average molecular weight is 346 g/mol. The molecule has 1 aromatic carbocycles. The molecule has 3 rings (SSSR count). The van der Waals surface area contributed by atoms with Crippen LogP contribution in [0.25, 0.3) is 0 Å². The third-order valence-electron chi connectivity index (χ3n) is 4.51. The number of piperidine rings is 1. The summed E-state index contributed by atoms with van der Waals surface area (Å²) in [4.78, 5) is 18.5. The van der Waals surface area contributed by atoms with Crippen LogP contribution in [-0.4, -0.2) is 34.2 Å². The Kier molecular flexibility index (Phi) is 5.31. The molecule has 1 fully saturated rings. The SMILES string of the molecule is Cc1nc(C[C@H]2CCCN(C(=O)NCc3ccc(F)c(C)c3)C2)no1. The number of carbonyl (C=O) groups is 1. The number of hydrogen-bond acceptors (Lipinski definition) is 4. The number of aromatic nitrogens is 2. The number of benzene rings is 1. The van der Waals surface area contributed by atoms with Crippen molar-refractivity contribution in [2.24, 2.45) is 5.92 Å². The summed E-state index contributed by atoms with van der Waals surface area (Å²) in [6, 6.07) is 4.80. The molecule has 7 heteroatoms. The van der Waals surface area contributed by atoms with Crippen molar-refractivity contribution in [1.29, 1.82) is 0 Å². The fraction of sp³-hybridized carbons (Fsp3) is 0.500. The topological polar surface area (TPSA) is 71.3 Å². The lowest BCUT2D eigenvalue weighted by Gasteiger charge is -2.32. The van der Waals surface area contributed by atoms with Crippen molar-refractivity contribution in [3.05, 3.63) is 46.9 Å². The van der Waals surface area contributed by atoms with E-state index in [2.05, 4.69) is 15.5 Å². The van der Waals surface area contributed by atoms with Gasteiger partial charge >= 0.3 is 6.03 Å². The highest BCUT2D eigenvalue weighted by Gasteiger charge is 2.25. The van der Waals surface area contributed by atoms with Gasteiger partial charge in [0.25, 0.3) is 0 Å². The number of aryl methyl sites for hydroxylation is 2. The molecule has 1 aliphatic rings. The smallest absolute Gasteiger partial charge is 0.317 e. The molecule has 2 heterocycles. The summed E-state index contributed by atoms with van der Waals surface area (Å²) in [5.74, 6) is 1.37. The van der Waals surface area contributed by atoms with Gasteiger partial charge in [0.1, 0.15) is 5.82 Å². The van der Waals surface area contributed by atoms with E-state index in [1.165, 1.54) is 6.07 Å². The zero-order chi connectivity index (χ0) is 17.8. The number of rotatable bonds is 4. The van der Waals surface area contributed by atoms with E-state index in [1.807, 2.05) is 4.90 Å². The predicted octanol–water partition coefficient (Wildman–Crippen LogP) is 2.99. The third-order valence-corrected chi connectivity index (χ3v) is 4.51. The van der Waals surface area contributed by atoms with Gasteiger partial charge in [-0.25, -0.2) is 9.18 Å². The Bertz CT molecular complexity index is 746. The summed E-state index contributed by atoms with van der Waals surface area (Å²) in [5.41, 5.74) is 1.48. The minimum absolute atomic E-state index is 0.0871. The molecular weight excluding hydrogens is 323 g/mol. The number of nitrogens with zero attached hydrogens (tertiary/aromatic N) is 3. The van der Waals surface area contributed by atoms with Crippen LogP contribution in [0.4, 0.5) is 9.18 Å². The van der Waals surface area contributed by atoms with Crippen LogP contribution in [0.3, 0.4) is 0 Å². The lowest BCUT2D eigenvalue weighted by atomic mass is 9.95. The minimum Gasteiger partial charge on any atom is -0.340 e. The Morgan fingerprint density at radius 3 is 3.00 bits per heavy atom. The first kappa shape index (κ1) is 17.4. The van der Waals surface area contributed by atoms with E-state index in [0.29, 0.717) is 36.3 Å². The molecule has 2 aromatic rings. The fourth-order valence-electron chi connectivity index (χ4n) is 3.20. The first-order valence-corrected chi connectivity index (χ1v) is 8.58. The second-order valence-electron chi connectivity index (χ2n) is 6.63. The Hall–Kier alpha value is -2.44. The van der Waals surface area contributed by atoms with Gasteiger partial charge < -0.3 is 14.7 Å². The van der Waals surface area contributed by atoms with Gasteiger partial charge in [-0.3, -0.25) is 0 Å². The highest BCUT2D eigenvalue weighted by molar-refractivity contribution is 5.74. The van der Waals surface area contributed by atoms with Crippen LogP contribution >= 0.6 is 0 Å². The number of halogens is 1. The summed E-state index contributed by atoms with van der Waals surface area (Å²) < 4.78 is 18.3. The Morgan fingerprint density at radius 2 is 2.28 bits per heavy atom. The van der Waals surface area contributed by atoms with E-state index in [0.717, 1.165) is 31.4 Å². The summed E-state index contributed by atoms with van der Waals surface area (Å²) >= 11 is 0. The van der Waals surface area contributed by atoms with Crippen molar-refractivity contribution in [2.75, 3.05) is 13.1 Å². The lowest BCUT2D eigenvalue weighted by Crippen LogP contribution is -2.45. The van der Waals surface area contributed by atoms with Crippen LogP contribution in [0.5, 0.6) is 0 Å². The lowest BCUT2D eigenvalue weighted by molar-refractivity contribution is 0.164. The monoisotopic (exact) mass is 346 g/mol. The Labute approximate surface area is 146 Å². The number of hydrogen-bond donors (Lipinski definition) is 1. The molecule has 0 spiro atoms. The minimum atomic E-state index is -0.231. The van der Waals surface area contributed by atoms with Gasteiger partial charge in [-0.1, -0.05) is 17.3 Å². The molecule has 134 valence electrons. The standard InChI is InChI=1S/C18H23FN4O2/c1-12-8-14(5-6-16(12)19)10-20-18(24)23-7-3-4-15(11-23)9-17-21-13(2)25-22-17/h5-6,8,15H,3-4,7,9-11H2,1-2H3,(H,20,24)/t15-/m1/s1. The van der Waals surface area contributed by atoms with E-state index in [4.69, 9.17) is 4.52 Å². The maximum atomic E-state index is 13.3. The van der Waals surface area contributed by atoms with E-state index in [9.17, 15) is 9.18 Å². The Morgan fingerprint density at radius 1 is 1.44 bits per heavy atom. The molecule has 1 atom stereocenters. The molecule has 1 aliphatic heterocycles. The molecule has 0 unspecified atom stereocenters. The second kappa shape index (κ2) is 7.63. The van der Waals surface area contributed by atoms with Crippen LogP contribution in [0.2, 0.25) is 0 Å². The number of nitrogens with one attached hydrogen (secondary N) is 1. The van der Waals surface area contributed by atoms with E-state index < -0.39 is 0 Å². The molecule has 0 radical (unpaired) electrons.